The molecule has 27 heavy (non-hydrogen) atoms. The zero-order valence-electron chi connectivity index (χ0n) is 14.4. The Balaban J connectivity index is 1.68. The van der Waals surface area contributed by atoms with Gasteiger partial charge in [0, 0.05) is 18.4 Å². The monoisotopic (exact) mass is 426 g/mol. The number of pyridine rings is 1. The Morgan fingerprint density at radius 3 is 2.85 bits per heavy atom. The van der Waals surface area contributed by atoms with Crippen LogP contribution in [0.5, 0.6) is 11.6 Å². The van der Waals surface area contributed by atoms with Crippen molar-refractivity contribution in [2.45, 2.75) is 12.8 Å². The summed E-state index contributed by atoms with van der Waals surface area (Å²) in [5.41, 5.74) is 2.45. The number of carbonyl (C=O) groups is 1. The topological polar surface area (TPSA) is 42.4 Å². The van der Waals surface area contributed by atoms with Crippen LogP contribution in [0.25, 0.3) is 0 Å². The number of rotatable bonds is 3. The van der Waals surface area contributed by atoms with Gasteiger partial charge < -0.3 is 9.64 Å². The van der Waals surface area contributed by atoms with Crippen molar-refractivity contribution < 1.29 is 13.9 Å². The molecule has 136 valence electrons. The van der Waals surface area contributed by atoms with E-state index in [2.05, 4.69) is 20.9 Å². The van der Waals surface area contributed by atoms with Crippen molar-refractivity contribution in [1.29, 1.82) is 0 Å². The second kappa shape index (κ2) is 7.48. The highest BCUT2D eigenvalue weighted by Gasteiger charge is 2.26. The smallest absolute Gasteiger partial charge is 0.263 e. The van der Waals surface area contributed by atoms with Crippen molar-refractivity contribution in [3.8, 4) is 11.6 Å². The van der Waals surface area contributed by atoms with Gasteiger partial charge in [-0.1, -0.05) is 18.2 Å². The van der Waals surface area contributed by atoms with Gasteiger partial charge in [0.2, 0.25) is 5.88 Å². The number of hydrogen-bond donors (Lipinski definition) is 0. The molecule has 3 aromatic rings. The van der Waals surface area contributed by atoms with Gasteiger partial charge in [0.15, 0.2) is 0 Å². The highest BCUT2D eigenvalue weighted by Crippen LogP contribution is 2.33. The highest BCUT2D eigenvalue weighted by molar-refractivity contribution is 9.10. The summed E-state index contributed by atoms with van der Waals surface area (Å²) in [4.78, 5) is 19.2. The lowest BCUT2D eigenvalue weighted by Gasteiger charge is -2.29. The highest BCUT2D eigenvalue weighted by atomic mass is 79.9. The van der Waals surface area contributed by atoms with Crippen LogP contribution >= 0.6 is 15.9 Å². The number of anilines is 1. The van der Waals surface area contributed by atoms with E-state index in [1.54, 1.807) is 23.2 Å². The first-order valence-corrected chi connectivity index (χ1v) is 9.40. The fraction of sp³-hybridized carbons (Fsp3) is 0.143. The molecule has 0 unspecified atom stereocenters. The maximum Gasteiger partial charge on any atom is 0.263 e. The minimum atomic E-state index is -0.378. The first-order valence-electron chi connectivity index (χ1n) is 8.61. The number of para-hydroxylation sites is 1. The molecule has 0 aliphatic carbocycles. The molecule has 0 N–H and O–H groups in total. The van der Waals surface area contributed by atoms with Crippen LogP contribution in [-0.2, 0) is 6.42 Å². The molecule has 0 atom stereocenters. The van der Waals surface area contributed by atoms with E-state index in [0.29, 0.717) is 22.3 Å². The standard InChI is InChI=1S/C21H16BrFN2O2/c22-17-13-15(23)9-10-19(17)27-20-16(7-3-11-24-20)21(26)25-12-4-6-14-5-1-2-8-18(14)25/h1-3,5,7-11,13H,4,6,12H2. The van der Waals surface area contributed by atoms with Crippen LogP contribution in [0.4, 0.5) is 10.1 Å². The summed E-state index contributed by atoms with van der Waals surface area (Å²) in [7, 11) is 0. The molecule has 1 aliphatic heterocycles. The first-order chi connectivity index (χ1) is 13.1. The SMILES string of the molecule is O=C(c1cccnc1Oc1ccc(F)cc1Br)N1CCCc2ccccc21. The number of carbonyl (C=O) groups excluding carboxylic acids is 1. The van der Waals surface area contributed by atoms with Gasteiger partial charge in [-0.15, -0.1) is 0 Å². The Kier molecular flexibility index (Phi) is 4.90. The van der Waals surface area contributed by atoms with Crippen LogP contribution in [0.1, 0.15) is 22.3 Å². The maximum atomic E-state index is 13.3. The van der Waals surface area contributed by atoms with Crippen LogP contribution in [0.15, 0.2) is 65.3 Å². The lowest BCUT2D eigenvalue weighted by atomic mass is 10.0. The normalized spacial score (nSPS) is 13.2. The Bertz CT molecular complexity index is 1010. The number of halogens is 2. The summed E-state index contributed by atoms with van der Waals surface area (Å²) in [5, 5.41) is 0. The fourth-order valence-electron chi connectivity index (χ4n) is 3.19. The summed E-state index contributed by atoms with van der Waals surface area (Å²) in [5.74, 6) is 0.0426. The quantitative estimate of drug-likeness (QED) is 0.565. The van der Waals surface area contributed by atoms with E-state index >= 15 is 0 Å². The van der Waals surface area contributed by atoms with Gasteiger partial charge in [-0.05, 0) is 70.7 Å². The van der Waals surface area contributed by atoms with E-state index in [-0.39, 0.29) is 17.6 Å². The fourth-order valence-corrected chi connectivity index (χ4v) is 3.62. The summed E-state index contributed by atoms with van der Waals surface area (Å²) < 4.78 is 19.6. The van der Waals surface area contributed by atoms with Crippen LogP contribution < -0.4 is 9.64 Å². The molecule has 0 spiro atoms. The number of fused-ring (bicyclic) bond motifs is 1. The van der Waals surface area contributed by atoms with Gasteiger partial charge in [0.25, 0.3) is 5.91 Å². The first kappa shape index (κ1) is 17.7. The lowest BCUT2D eigenvalue weighted by Crippen LogP contribution is -2.35. The molecule has 0 fully saturated rings. The van der Waals surface area contributed by atoms with E-state index in [0.717, 1.165) is 24.1 Å². The third-order valence-electron chi connectivity index (χ3n) is 4.46. The molecule has 1 aromatic heterocycles. The number of aryl methyl sites for hydroxylation is 1. The van der Waals surface area contributed by atoms with E-state index < -0.39 is 0 Å². The van der Waals surface area contributed by atoms with E-state index in [9.17, 15) is 9.18 Å². The van der Waals surface area contributed by atoms with Gasteiger partial charge in [0.1, 0.15) is 17.1 Å². The van der Waals surface area contributed by atoms with Crippen LogP contribution in [0.2, 0.25) is 0 Å². The van der Waals surface area contributed by atoms with E-state index in [1.165, 1.54) is 18.2 Å². The summed E-state index contributed by atoms with van der Waals surface area (Å²) in [6, 6.07) is 15.4. The molecular formula is C21H16BrFN2O2. The van der Waals surface area contributed by atoms with Crippen molar-refractivity contribution in [1.82, 2.24) is 4.98 Å². The number of nitrogens with zero attached hydrogens (tertiary/aromatic N) is 2. The molecule has 0 radical (unpaired) electrons. The predicted molar refractivity (Wildman–Crippen MR) is 105 cm³/mol. The average Bonchev–Trinajstić information content (AvgIpc) is 2.69. The molecule has 0 saturated heterocycles. The minimum absolute atomic E-state index is 0.163. The Labute approximate surface area is 164 Å². The van der Waals surface area contributed by atoms with Crippen LogP contribution in [0, 0.1) is 5.82 Å². The number of amides is 1. The van der Waals surface area contributed by atoms with Gasteiger partial charge in [-0.2, -0.15) is 0 Å². The molecular weight excluding hydrogens is 411 g/mol. The van der Waals surface area contributed by atoms with Gasteiger partial charge in [0.05, 0.1) is 4.47 Å². The molecule has 2 aromatic carbocycles. The number of hydrogen-bond acceptors (Lipinski definition) is 3. The third kappa shape index (κ3) is 3.57. The van der Waals surface area contributed by atoms with E-state index in [1.807, 2.05) is 24.3 Å². The molecule has 4 nitrogen and oxygen atoms in total. The largest absolute Gasteiger partial charge is 0.437 e. The van der Waals surface area contributed by atoms with Gasteiger partial charge in [-0.25, -0.2) is 9.37 Å². The van der Waals surface area contributed by atoms with Crippen molar-refractivity contribution >= 4 is 27.5 Å². The van der Waals surface area contributed by atoms with Gasteiger partial charge >= 0.3 is 0 Å². The predicted octanol–water partition coefficient (Wildman–Crippen LogP) is 5.37. The molecule has 4 rings (SSSR count). The van der Waals surface area contributed by atoms with Crippen LogP contribution in [0.3, 0.4) is 0 Å². The van der Waals surface area contributed by atoms with Crippen molar-refractivity contribution in [2.24, 2.45) is 0 Å². The summed E-state index contributed by atoms with van der Waals surface area (Å²) in [6.45, 7) is 0.643. The molecule has 0 saturated carbocycles. The Morgan fingerprint density at radius 1 is 1.15 bits per heavy atom. The molecule has 2 heterocycles. The summed E-state index contributed by atoms with van der Waals surface area (Å²) >= 11 is 3.28. The number of benzene rings is 2. The van der Waals surface area contributed by atoms with Crippen molar-refractivity contribution in [3.05, 3.63) is 82.2 Å². The lowest BCUT2D eigenvalue weighted by molar-refractivity contribution is 0.0982. The minimum Gasteiger partial charge on any atom is -0.437 e. The zero-order valence-corrected chi connectivity index (χ0v) is 15.9. The second-order valence-corrected chi connectivity index (χ2v) is 7.08. The molecule has 6 heteroatoms. The van der Waals surface area contributed by atoms with Crippen LogP contribution in [-0.4, -0.2) is 17.4 Å². The molecule has 0 bridgehead atoms. The molecule has 1 amide bonds. The third-order valence-corrected chi connectivity index (χ3v) is 5.08. The maximum absolute atomic E-state index is 13.3. The summed E-state index contributed by atoms with van der Waals surface area (Å²) in [6.07, 6.45) is 3.43. The number of aromatic nitrogens is 1. The number of ether oxygens (including phenoxy) is 1. The van der Waals surface area contributed by atoms with E-state index in [4.69, 9.17) is 4.74 Å². The average molecular weight is 427 g/mol. The molecule has 1 aliphatic rings. The Morgan fingerprint density at radius 2 is 2.00 bits per heavy atom. The van der Waals surface area contributed by atoms with Gasteiger partial charge in [-0.3, -0.25) is 4.79 Å². The second-order valence-electron chi connectivity index (χ2n) is 6.22. The van der Waals surface area contributed by atoms with Crippen molar-refractivity contribution in [3.63, 3.8) is 0 Å². The van der Waals surface area contributed by atoms with Crippen molar-refractivity contribution in [2.75, 3.05) is 11.4 Å². The Hall–Kier alpha value is -2.73. The zero-order chi connectivity index (χ0) is 18.8.